The molecule has 1 aromatic carbocycles. The van der Waals surface area contributed by atoms with E-state index in [1.165, 1.54) is 24.3 Å². The summed E-state index contributed by atoms with van der Waals surface area (Å²) in [7, 11) is 0. The van der Waals surface area contributed by atoms with E-state index in [9.17, 15) is 13.6 Å². The first-order valence-electron chi connectivity index (χ1n) is 7.32. The molecule has 0 unspecified atom stereocenters. The zero-order valence-corrected chi connectivity index (χ0v) is 13.3. The Morgan fingerprint density at radius 3 is 2.52 bits per heavy atom. The minimum Gasteiger partial charge on any atom is -0.435 e. The van der Waals surface area contributed by atoms with Crippen LogP contribution in [-0.4, -0.2) is 22.3 Å². The van der Waals surface area contributed by atoms with Crippen LogP contribution in [0.2, 0.25) is 0 Å². The number of ether oxygens (including phenoxy) is 1. The van der Waals surface area contributed by atoms with Gasteiger partial charge < -0.3 is 10.1 Å². The van der Waals surface area contributed by atoms with Crippen molar-refractivity contribution in [2.45, 2.75) is 40.3 Å². The first kappa shape index (κ1) is 16.9. The Kier molecular flexibility index (Phi) is 5.31. The van der Waals surface area contributed by atoms with Crippen molar-refractivity contribution in [1.29, 1.82) is 0 Å². The molecule has 2 aromatic rings. The third kappa shape index (κ3) is 4.06. The Bertz CT molecular complexity index is 681. The van der Waals surface area contributed by atoms with E-state index in [0.29, 0.717) is 11.3 Å². The van der Waals surface area contributed by atoms with Crippen molar-refractivity contribution in [1.82, 2.24) is 9.78 Å². The molecular weight excluding hydrogens is 304 g/mol. The predicted octanol–water partition coefficient (Wildman–Crippen LogP) is 3.76. The van der Waals surface area contributed by atoms with Crippen LogP contribution < -0.4 is 10.1 Å². The number of nitrogens with one attached hydrogen (secondary N) is 1. The molecule has 5 nitrogen and oxygen atoms in total. The Balaban J connectivity index is 2.13. The van der Waals surface area contributed by atoms with E-state index >= 15 is 0 Å². The molecule has 0 spiro atoms. The van der Waals surface area contributed by atoms with Gasteiger partial charge in [0.05, 0.1) is 17.1 Å². The number of aryl methyl sites for hydroxylation is 2. The molecule has 0 atom stereocenters. The minimum absolute atomic E-state index is 0.0136. The van der Waals surface area contributed by atoms with E-state index in [-0.39, 0.29) is 11.7 Å². The molecule has 124 valence electrons. The molecule has 0 aliphatic heterocycles. The summed E-state index contributed by atoms with van der Waals surface area (Å²) in [4.78, 5) is 12.3. The highest BCUT2D eigenvalue weighted by Gasteiger charge is 2.15. The van der Waals surface area contributed by atoms with E-state index in [0.717, 1.165) is 24.4 Å². The van der Waals surface area contributed by atoms with Crippen molar-refractivity contribution in [3.63, 3.8) is 0 Å². The summed E-state index contributed by atoms with van der Waals surface area (Å²) in [6, 6.07) is 5.55. The molecule has 1 aromatic heterocycles. The summed E-state index contributed by atoms with van der Waals surface area (Å²) < 4.78 is 30.3. The SMILES string of the molecule is CCCn1nc(C)c(NC(=O)c2ccc(OC(F)F)cc2)c1C. The van der Waals surface area contributed by atoms with Gasteiger partial charge in [-0.25, -0.2) is 0 Å². The molecule has 0 aliphatic rings. The van der Waals surface area contributed by atoms with Crippen LogP contribution in [0.1, 0.15) is 35.1 Å². The van der Waals surface area contributed by atoms with Crippen molar-refractivity contribution in [2.24, 2.45) is 0 Å². The van der Waals surface area contributed by atoms with Crippen LogP contribution in [0, 0.1) is 13.8 Å². The molecule has 0 aliphatic carbocycles. The van der Waals surface area contributed by atoms with E-state index in [1.807, 2.05) is 18.5 Å². The molecule has 0 saturated heterocycles. The summed E-state index contributed by atoms with van der Waals surface area (Å²) in [5.74, 6) is -0.310. The van der Waals surface area contributed by atoms with Crippen molar-refractivity contribution < 1.29 is 18.3 Å². The number of nitrogens with zero attached hydrogens (tertiary/aromatic N) is 2. The standard InChI is InChI=1S/C16H19F2N3O2/c1-4-9-21-11(3)14(10(2)20-21)19-15(22)12-5-7-13(8-6-12)23-16(17)18/h5-8,16H,4,9H2,1-3H3,(H,19,22). The quantitative estimate of drug-likeness (QED) is 0.880. The molecule has 0 radical (unpaired) electrons. The van der Waals surface area contributed by atoms with Crippen molar-refractivity contribution in [3.05, 3.63) is 41.2 Å². The molecule has 1 heterocycles. The fourth-order valence-electron chi connectivity index (χ4n) is 2.28. The second-order valence-electron chi connectivity index (χ2n) is 5.13. The molecule has 1 N–H and O–H groups in total. The van der Waals surface area contributed by atoms with Crippen molar-refractivity contribution >= 4 is 11.6 Å². The number of aromatic nitrogens is 2. The molecule has 0 saturated carbocycles. The smallest absolute Gasteiger partial charge is 0.387 e. The first-order chi connectivity index (χ1) is 10.9. The molecule has 2 rings (SSSR count). The zero-order chi connectivity index (χ0) is 17.0. The van der Waals surface area contributed by atoms with Crippen LogP contribution in [0.15, 0.2) is 24.3 Å². The molecule has 7 heteroatoms. The molecule has 0 bridgehead atoms. The maximum absolute atomic E-state index is 12.3. The lowest BCUT2D eigenvalue weighted by Crippen LogP contribution is -2.13. The number of alkyl halides is 2. The van der Waals surface area contributed by atoms with Gasteiger partial charge in [-0.05, 0) is 44.5 Å². The molecular formula is C16H19F2N3O2. The van der Waals surface area contributed by atoms with Gasteiger partial charge >= 0.3 is 6.61 Å². The van der Waals surface area contributed by atoms with E-state index in [2.05, 4.69) is 22.1 Å². The van der Waals surface area contributed by atoms with E-state index in [4.69, 9.17) is 0 Å². The van der Waals surface area contributed by atoms with Crippen molar-refractivity contribution in [3.8, 4) is 5.75 Å². The number of benzene rings is 1. The molecule has 0 fully saturated rings. The van der Waals surface area contributed by atoms with Gasteiger partial charge in [-0.2, -0.15) is 13.9 Å². The van der Waals surface area contributed by atoms with Crippen LogP contribution in [0.5, 0.6) is 5.75 Å². The van der Waals surface area contributed by atoms with Gasteiger partial charge in [0.15, 0.2) is 0 Å². The summed E-state index contributed by atoms with van der Waals surface area (Å²) in [6.45, 7) is 3.67. The number of anilines is 1. The van der Waals surface area contributed by atoms with Crippen LogP contribution >= 0.6 is 0 Å². The number of rotatable bonds is 6. The third-order valence-electron chi connectivity index (χ3n) is 3.40. The lowest BCUT2D eigenvalue weighted by molar-refractivity contribution is -0.0498. The summed E-state index contributed by atoms with van der Waals surface area (Å²) >= 11 is 0. The first-order valence-corrected chi connectivity index (χ1v) is 7.32. The van der Waals surface area contributed by atoms with Gasteiger partial charge in [0.2, 0.25) is 0 Å². The number of halogens is 2. The highest BCUT2D eigenvalue weighted by Crippen LogP contribution is 2.21. The van der Waals surface area contributed by atoms with Crippen LogP contribution in [0.4, 0.5) is 14.5 Å². The second-order valence-corrected chi connectivity index (χ2v) is 5.13. The number of carbonyl (C=O) groups excluding carboxylic acids is 1. The van der Waals surface area contributed by atoms with Crippen LogP contribution in [0.3, 0.4) is 0 Å². The van der Waals surface area contributed by atoms with Gasteiger partial charge in [0.1, 0.15) is 5.75 Å². The summed E-state index contributed by atoms with van der Waals surface area (Å²) in [5, 5.41) is 7.21. The summed E-state index contributed by atoms with van der Waals surface area (Å²) in [5.41, 5.74) is 2.65. The minimum atomic E-state index is -2.88. The van der Waals surface area contributed by atoms with E-state index in [1.54, 1.807) is 0 Å². The largest absolute Gasteiger partial charge is 0.435 e. The fourth-order valence-corrected chi connectivity index (χ4v) is 2.28. The highest BCUT2D eigenvalue weighted by molar-refractivity contribution is 6.04. The average molecular weight is 323 g/mol. The number of carbonyl (C=O) groups is 1. The average Bonchev–Trinajstić information content (AvgIpc) is 2.75. The third-order valence-corrected chi connectivity index (χ3v) is 3.40. The Hall–Kier alpha value is -2.44. The van der Waals surface area contributed by atoms with Crippen LogP contribution in [-0.2, 0) is 6.54 Å². The molecule has 23 heavy (non-hydrogen) atoms. The van der Waals surface area contributed by atoms with Gasteiger partial charge in [-0.3, -0.25) is 9.48 Å². The number of amides is 1. The van der Waals surface area contributed by atoms with Crippen LogP contribution in [0.25, 0.3) is 0 Å². The molecule has 1 amide bonds. The predicted molar refractivity (Wildman–Crippen MR) is 83.0 cm³/mol. The Morgan fingerprint density at radius 2 is 1.96 bits per heavy atom. The second kappa shape index (κ2) is 7.21. The maximum Gasteiger partial charge on any atom is 0.387 e. The monoisotopic (exact) mass is 323 g/mol. The topological polar surface area (TPSA) is 56.2 Å². The maximum atomic E-state index is 12.3. The Labute approximate surface area is 133 Å². The zero-order valence-electron chi connectivity index (χ0n) is 13.3. The normalized spacial score (nSPS) is 10.9. The lowest BCUT2D eigenvalue weighted by Gasteiger charge is -2.08. The number of hydrogen-bond donors (Lipinski definition) is 1. The lowest BCUT2D eigenvalue weighted by atomic mass is 10.2. The number of hydrogen-bond acceptors (Lipinski definition) is 3. The Morgan fingerprint density at radius 1 is 1.30 bits per heavy atom. The van der Waals surface area contributed by atoms with Gasteiger partial charge in [0.25, 0.3) is 5.91 Å². The van der Waals surface area contributed by atoms with Gasteiger partial charge in [-0.1, -0.05) is 6.92 Å². The van der Waals surface area contributed by atoms with E-state index < -0.39 is 6.61 Å². The highest BCUT2D eigenvalue weighted by atomic mass is 19.3. The van der Waals surface area contributed by atoms with Gasteiger partial charge in [-0.15, -0.1) is 0 Å². The summed E-state index contributed by atoms with van der Waals surface area (Å²) in [6.07, 6.45) is 0.945. The fraction of sp³-hybridized carbons (Fsp3) is 0.375. The van der Waals surface area contributed by atoms with Gasteiger partial charge in [0, 0.05) is 12.1 Å². The van der Waals surface area contributed by atoms with Crippen molar-refractivity contribution in [2.75, 3.05) is 5.32 Å².